The molecule has 1 atom stereocenters. The van der Waals surface area contributed by atoms with Crippen LogP contribution < -0.4 is 5.73 Å². The van der Waals surface area contributed by atoms with Gasteiger partial charge in [0.15, 0.2) is 0 Å². The first-order valence-electron chi connectivity index (χ1n) is 11.4. The largest absolute Gasteiger partial charge is 0.417 e. The van der Waals surface area contributed by atoms with Crippen LogP contribution in [0.15, 0.2) is 66.9 Å². The third-order valence-corrected chi connectivity index (χ3v) is 6.36. The van der Waals surface area contributed by atoms with Crippen LogP contribution in [0.1, 0.15) is 44.3 Å². The predicted octanol–water partition coefficient (Wildman–Crippen LogP) is 5.45. The Kier molecular flexibility index (Phi) is 6.09. The van der Waals surface area contributed by atoms with Crippen LogP contribution >= 0.6 is 0 Å². The van der Waals surface area contributed by atoms with Crippen LogP contribution in [0.5, 0.6) is 0 Å². The van der Waals surface area contributed by atoms with Gasteiger partial charge < -0.3 is 15.4 Å². The van der Waals surface area contributed by atoms with Gasteiger partial charge in [-0.1, -0.05) is 24.3 Å². The quantitative estimate of drug-likeness (QED) is 0.410. The van der Waals surface area contributed by atoms with E-state index in [2.05, 4.69) is 9.97 Å². The zero-order valence-corrected chi connectivity index (χ0v) is 19.4. The summed E-state index contributed by atoms with van der Waals surface area (Å²) in [6.07, 6.45) is -3.70. The first-order chi connectivity index (χ1) is 17.2. The van der Waals surface area contributed by atoms with Gasteiger partial charge >= 0.3 is 6.18 Å². The molecule has 4 aromatic rings. The molecule has 0 saturated carbocycles. The minimum atomic E-state index is -4.49. The summed E-state index contributed by atoms with van der Waals surface area (Å²) < 4.78 is 44.9. The maximum atomic E-state index is 13.9. The lowest BCUT2D eigenvalue weighted by Crippen LogP contribution is -2.39. The number of aromatic nitrogens is 2. The van der Waals surface area contributed by atoms with E-state index >= 15 is 0 Å². The Bertz CT molecular complexity index is 1440. The Hall–Kier alpha value is -3.98. The number of hydrogen-bond donors (Lipinski definition) is 1. The molecule has 2 aromatic carbocycles. The number of amides is 1. The summed E-state index contributed by atoms with van der Waals surface area (Å²) in [6, 6.07) is 16.6. The number of benzene rings is 2. The molecule has 0 unspecified atom stereocenters. The minimum absolute atomic E-state index is 0.0103. The molecule has 0 radical (unpaired) electrons. The molecule has 0 bridgehead atoms. The third kappa shape index (κ3) is 4.61. The second kappa shape index (κ2) is 9.23. The average molecular weight is 493 g/mol. The predicted molar refractivity (Wildman–Crippen MR) is 129 cm³/mol. The van der Waals surface area contributed by atoms with E-state index in [9.17, 15) is 18.0 Å². The zero-order chi connectivity index (χ0) is 25.4. The Morgan fingerprint density at radius 3 is 2.69 bits per heavy atom. The number of nitrogens with zero attached hydrogens (tertiary/aromatic N) is 3. The summed E-state index contributed by atoms with van der Waals surface area (Å²) in [4.78, 5) is 23.9. The van der Waals surface area contributed by atoms with Crippen molar-refractivity contribution in [3.63, 3.8) is 0 Å². The van der Waals surface area contributed by atoms with Gasteiger partial charge in [0.25, 0.3) is 5.91 Å². The monoisotopic (exact) mass is 492 g/mol. The van der Waals surface area contributed by atoms with Gasteiger partial charge in [0, 0.05) is 17.1 Å². The molecule has 0 saturated heterocycles. The molecule has 2 aromatic heterocycles. The highest BCUT2D eigenvalue weighted by molar-refractivity contribution is 5.98. The third-order valence-electron chi connectivity index (χ3n) is 6.36. The number of aryl methyl sites for hydroxylation is 1. The van der Waals surface area contributed by atoms with Crippen molar-refractivity contribution in [3.8, 4) is 0 Å². The number of fused-ring (bicyclic) bond motifs is 2. The fourth-order valence-electron chi connectivity index (χ4n) is 4.40. The minimum Gasteiger partial charge on any atom is -0.383 e. The molecule has 36 heavy (non-hydrogen) atoms. The number of rotatable bonds is 4. The van der Waals surface area contributed by atoms with Crippen molar-refractivity contribution < 1.29 is 22.7 Å². The number of anilines is 1. The number of halogens is 3. The van der Waals surface area contributed by atoms with Crippen molar-refractivity contribution in [3.05, 3.63) is 100 Å². The van der Waals surface area contributed by atoms with Crippen LogP contribution in [-0.2, 0) is 24.1 Å². The topological polar surface area (TPSA) is 81.3 Å². The SMILES string of the molecule is Cc1cc2cc(C(=O)N(Cc3ccc(C(F)(F)F)cn3)[C@H]3COCc4ccccc43)ccc2nc1N. The number of carbonyl (C=O) groups excluding carboxylic acids is 1. The molecule has 3 heterocycles. The summed E-state index contributed by atoms with van der Waals surface area (Å²) in [5.74, 6) is 0.130. The summed E-state index contributed by atoms with van der Waals surface area (Å²) in [7, 11) is 0. The lowest BCUT2D eigenvalue weighted by atomic mass is 9.96. The molecule has 5 rings (SSSR count). The number of hydrogen-bond acceptors (Lipinski definition) is 5. The average Bonchev–Trinajstić information content (AvgIpc) is 2.87. The maximum Gasteiger partial charge on any atom is 0.417 e. The van der Waals surface area contributed by atoms with Crippen molar-refractivity contribution >= 4 is 22.6 Å². The molecule has 9 heteroatoms. The van der Waals surface area contributed by atoms with Gasteiger partial charge in [0.2, 0.25) is 0 Å². The fraction of sp³-hybridized carbons (Fsp3) is 0.222. The Labute approximate surface area is 205 Å². The molecule has 0 fully saturated rings. The Balaban J connectivity index is 1.54. The van der Waals surface area contributed by atoms with Gasteiger partial charge in [-0.25, -0.2) is 4.98 Å². The summed E-state index contributed by atoms with van der Waals surface area (Å²) in [5.41, 5.74) is 9.20. The van der Waals surface area contributed by atoms with E-state index in [1.807, 2.05) is 37.3 Å². The number of pyridine rings is 2. The van der Waals surface area contributed by atoms with Gasteiger partial charge in [-0.2, -0.15) is 13.2 Å². The number of alkyl halides is 3. The van der Waals surface area contributed by atoms with Gasteiger partial charge in [0.1, 0.15) is 5.82 Å². The first kappa shape index (κ1) is 23.7. The molecular weight excluding hydrogens is 469 g/mol. The van der Waals surface area contributed by atoms with Crippen LogP contribution in [0.4, 0.5) is 19.0 Å². The van der Waals surface area contributed by atoms with Crippen LogP contribution in [0.3, 0.4) is 0 Å². The molecule has 1 aliphatic heterocycles. The molecule has 0 spiro atoms. The normalized spacial score (nSPS) is 15.5. The summed E-state index contributed by atoms with van der Waals surface area (Å²) >= 11 is 0. The van der Waals surface area contributed by atoms with Crippen LogP contribution in [-0.4, -0.2) is 27.4 Å². The van der Waals surface area contributed by atoms with E-state index in [0.717, 1.165) is 34.3 Å². The van der Waals surface area contributed by atoms with E-state index in [1.54, 1.807) is 23.1 Å². The Morgan fingerprint density at radius 2 is 1.94 bits per heavy atom. The fourth-order valence-corrected chi connectivity index (χ4v) is 4.40. The lowest BCUT2D eigenvalue weighted by Gasteiger charge is -2.35. The molecule has 1 amide bonds. The highest BCUT2D eigenvalue weighted by Crippen LogP contribution is 2.33. The van der Waals surface area contributed by atoms with Crippen molar-refractivity contribution in [1.82, 2.24) is 14.9 Å². The lowest BCUT2D eigenvalue weighted by molar-refractivity contribution is -0.137. The van der Waals surface area contributed by atoms with E-state index < -0.39 is 17.8 Å². The summed E-state index contributed by atoms with van der Waals surface area (Å²) in [6.45, 7) is 2.54. The number of nitrogen functional groups attached to an aromatic ring is 1. The van der Waals surface area contributed by atoms with Crippen molar-refractivity contribution in [1.29, 1.82) is 0 Å². The van der Waals surface area contributed by atoms with E-state index in [1.165, 1.54) is 6.07 Å². The molecule has 1 aliphatic rings. The smallest absolute Gasteiger partial charge is 0.383 e. The zero-order valence-electron chi connectivity index (χ0n) is 19.4. The Morgan fingerprint density at radius 1 is 1.14 bits per heavy atom. The van der Waals surface area contributed by atoms with Gasteiger partial charge in [0.05, 0.1) is 42.6 Å². The van der Waals surface area contributed by atoms with E-state index in [-0.39, 0.29) is 19.1 Å². The molecular formula is C27H23F3N4O2. The highest BCUT2D eigenvalue weighted by atomic mass is 19.4. The first-order valence-corrected chi connectivity index (χ1v) is 11.4. The second-order valence-corrected chi connectivity index (χ2v) is 8.80. The van der Waals surface area contributed by atoms with E-state index in [0.29, 0.717) is 29.2 Å². The molecule has 184 valence electrons. The number of ether oxygens (including phenoxy) is 1. The van der Waals surface area contributed by atoms with Crippen LogP contribution in [0.2, 0.25) is 0 Å². The van der Waals surface area contributed by atoms with E-state index in [4.69, 9.17) is 10.5 Å². The maximum absolute atomic E-state index is 13.9. The molecule has 6 nitrogen and oxygen atoms in total. The van der Waals surface area contributed by atoms with Crippen molar-refractivity contribution in [2.75, 3.05) is 12.3 Å². The van der Waals surface area contributed by atoms with Gasteiger partial charge in [-0.15, -0.1) is 0 Å². The van der Waals surface area contributed by atoms with Crippen LogP contribution in [0.25, 0.3) is 10.9 Å². The van der Waals surface area contributed by atoms with Gasteiger partial charge in [-0.05, 0) is 60.0 Å². The van der Waals surface area contributed by atoms with Crippen molar-refractivity contribution in [2.45, 2.75) is 32.3 Å². The number of carbonyl (C=O) groups is 1. The second-order valence-electron chi connectivity index (χ2n) is 8.80. The van der Waals surface area contributed by atoms with Gasteiger partial charge in [-0.3, -0.25) is 9.78 Å². The highest BCUT2D eigenvalue weighted by Gasteiger charge is 2.33. The van der Waals surface area contributed by atoms with Crippen molar-refractivity contribution in [2.24, 2.45) is 0 Å². The molecule has 2 N–H and O–H groups in total. The standard InChI is InChI=1S/C27H23F3N4O2/c1-16-10-19-11-17(6-9-23(19)33-25(16)31)26(35)34(13-21-8-7-20(12-32-21)27(28,29)30)24-15-36-14-18-4-2-3-5-22(18)24/h2-12,24H,13-15H2,1H3,(H2,31,33)/t24-/m0/s1. The molecule has 0 aliphatic carbocycles. The van der Waals surface area contributed by atoms with Crippen LogP contribution in [0, 0.1) is 6.92 Å². The number of nitrogens with two attached hydrogens (primary N) is 1. The summed E-state index contributed by atoms with van der Waals surface area (Å²) in [5, 5.41) is 0.764.